The number of benzene rings is 2. The lowest BCUT2D eigenvalue weighted by atomic mass is 10.1. The molecule has 1 aliphatic rings. The molecule has 0 bridgehead atoms. The van der Waals surface area contributed by atoms with Crippen molar-refractivity contribution in [2.75, 3.05) is 37.6 Å². The minimum atomic E-state index is -3.69. The number of hydrogen-bond donors (Lipinski definition) is 2. The molecule has 9 heteroatoms. The van der Waals surface area contributed by atoms with Crippen molar-refractivity contribution in [1.82, 2.24) is 14.6 Å². The number of carbonyl (C=O) groups excluding carboxylic acids is 1. The van der Waals surface area contributed by atoms with Gasteiger partial charge in [0, 0.05) is 55.4 Å². The molecule has 0 saturated carbocycles. The number of nitrogens with one attached hydrogen (secondary N) is 2. The Labute approximate surface area is 212 Å². The number of aromatic amines is 1. The lowest BCUT2D eigenvalue weighted by Gasteiger charge is -2.23. The van der Waals surface area contributed by atoms with Crippen LogP contribution in [0.5, 0.6) is 0 Å². The first-order valence-electron chi connectivity index (χ1n) is 12.7. The number of nitrogens with zero attached hydrogens (tertiary/aromatic N) is 2. The number of rotatable bonds is 9. The largest absolute Gasteiger partial charge is 0.372 e. The Hall–Kier alpha value is -3.17. The zero-order valence-corrected chi connectivity index (χ0v) is 21.5. The fourth-order valence-electron chi connectivity index (χ4n) is 4.69. The smallest absolute Gasteiger partial charge is 0.252 e. The maximum Gasteiger partial charge on any atom is 0.252 e. The summed E-state index contributed by atoms with van der Waals surface area (Å²) in [7, 11) is -3.69. The van der Waals surface area contributed by atoms with E-state index in [0.717, 1.165) is 50.9 Å². The number of para-hydroxylation sites is 1. The molecular formula is C27H34N4O4S. The normalized spacial score (nSPS) is 14.9. The van der Waals surface area contributed by atoms with Crippen LogP contribution in [-0.2, 0) is 10.0 Å². The van der Waals surface area contributed by atoms with Crippen LogP contribution in [0.4, 0.5) is 5.69 Å². The first kappa shape index (κ1) is 25.9. The minimum Gasteiger partial charge on any atom is -0.372 e. The molecule has 4 rings (SSSR count). The average molecular weight is 511 g/mol. The molecule has 0 atom stereocenters. The molecular weight excluding hydrogens is 476 g/mol. The summed E-state index contributed by atoms with van der Waals surface area (Å²) in [6.07, 6.45) is 4.46. The Kier molecular flexibility index (Phi) is 8.43. The molecule has 2 N–H and O–H groups in total. The second-order valence-electron chi connectivity index (χ2n) is 9.10. The van der Waals surface area contributed by atoms with Gasteiger partial charge >= 0.3 is 0 Å². The first-order valence-corrected chi connectivity index (χ1v) is 14.1. The molecule has 1 fully saturated rings. The van der Waals surface area contributed by atoms with Gasteiger partial charge < -0.3 is 15.2 Å². The van der Waals surface area contributed by atoms with Gasteiger partial charge in [0.05, 0.1) is 10.5 Å². The summed E-state index contributed by atoms with van der Waals surface area (Å²) >= 11 is 0. The third-order valence-electron chi connectivity index (χ3n) is 6.66. The molecule has 1 aromatic heterocycles. The van der Waals surface area contributed by atoms with Gasteiger partial charge in [0.15, 0.2) is 0 Å². The molecule has 0 spiro atoms. The van der Waals surface area contributed by atoms with Gasteiger partial charge in [-0.15, -0.1) is 0 Å². The zero-order valence-electron chi connectivity index (χ0n) is 20.7. The SMILES string of the molecule is CCN(CCCNC(=O)c1cc(=O)[nH]c2ccc(S(=O)(=O)N3CCCCCC3)cc12)c1ccccc1. The number of aromatic nitrogens is 1. The number of fused-ring (bicyclic) bond motifs is 1. The van der Waals surface area contributed by atoms with Gasteiger partial charge in [-0.25, -0.2) is 8.42 Å². The van der Waals surface area contributed by atoms with Gasteiger partial charge in [-0.3, -0.25) is 9.59 Å². The number of carbonyl (C=O) groups is 1. The van der Waals surface area contributed by atoms with Crippen molar-refractivity contribution in [1.29, 1.82) is 0 Å². The van der Waals surface area contributed by atoms with Gasteiger partial charge in [0.1, 0.15) is 0 Å². The molecule has 2 aromatic carbocycles. The lowest BCUT2D eigenvalue weighted by Crippen LogP contribution is -2.32. The third-order valence-corrected chi connectivity index (χ3v) is 8.55. The van der Waals surface area contributed by atoms with Crippen LogP contribution in [0, 0.1) is 0 Å². The Morgan fingerprint density at radius 2 is 1.75 bits per heavy atom. The molecule has 36 heavy (non-hydrogen) atoms. The summed E-state index contributed by atoms with van der Waals surface area (Å²) in [5.41, 5.74) is 1.34. The van der Waals surface area contributed by atoms with E-state index in [9.17, 15) is 18.0 Å². The first-order chi connectivity index (χ1) is 17.4. The van der Waals surface area contributed by atoms with Gasteiger partial charge in [-0.2, -0.15) is 4.31 Å². The predicted molar refractivity (Wildman–Crippen MR) is 143 cm³/mol. The highest BCUT2D eigenvalue weighted by Crippen LogP contribution is 2.25. The van der Waals surface area contributed by atoms with Crippen molar-refractivity contribution in [3.63, 3.8) is 0 Å². The fourth-order valence-corrected chi connectivity index (χ4v) is 6.23. The van der Waals surface area contributed by atoms with E-state index in [1.165, 1.54) is 22.5 Å². The molecule has 1 aliphatic heterocycles. The monoisotopic (exact) mass is 510 g/mol. The molecule has 192 valence electrons. The summed E-state index contributed by atoms with van der Waals surface area (Å²) in [4.78, 5) is 30.4. The second kappa shape index (κ2) is 11.7. The maximum atomic E-state index is 13.3. The van der Waals surface area contributed by atoms with Gasteiger partial charge in [0.2, 0.25) is 15.6 Å². The van der Waals surface area contributed by atoms with E-state index in [2.05, 4.69) is 34.3 Å². The van der Waals surface area contributed by atoms with Crippen LogP contribution in [-0.4, -0.2) is 56.3 Å². The average Bonchev–Trinajstić information content (AvgIpc) is 3.19. The molecule has 1 saturated heterocycles. The molecule has 3 aromatic rings. The summed E-state index contributed by atoms with van der Waals surface area (Å²) in [5, 5.41) is 3.32. The van der Waals surface area contributed by atoms with Crippen molar-refractivity contribution in [3.8, 4) is 0 Å². The van der Waals surface area contributed by atoms with Crippen LogP contribution in [0.15, 0.2) is 64.3 Å². The Morgan fingerprint density at radius 3 is 2.44 bits per heavy atom. The van der Waals surface area contributed by atoms with Crippen molar-refractivity contribution >= 4 is 32.5 Å². The van der Waals surface area contributed by atoms with Crippen LogP contribution in [0.2, 0.25) is 0 Å². The minimum absolute atomic E-state index is 0.138. The van der Waals surface area contributed by atoms with Crippen LogP contribution in [0.3, 0.4) is 0 Å². The topological polar surface area (TPSA) is 103 Å². The molecule has 2 heterocycles. The van der Waals surface area contributed by atoms with Crippen molar-refractivity contribution in [2.24, 2.45) is 0 Å². The van der Waals surface area contributed by atoms with Crippen molar-refractivity contribution in [3.05, 3.63) is 70.5 Å². The summed E-state index contributed by atoms with van der Waals surface area (Å²) in [6, 6.07) is 15.9. The number of sulfonamides is 1. The number of anilines is 1. The van der Waals surface area contributed by atoms with E-state index in [4.69, 9.17) is 0 Å². The Morgan fingerprint density at radius 1 is 1.03 bits per heavy atom. The Bertz CT molecular complexity index is 1350. The maximum absolute atomic E-state index is 13.3. The lowest BCUT2D eigenvalue weighted by molar-refractivity contribution is 0.0955. The fraction of sp³-hybridized carbons (Fsp3) is 0.407. The number of hydrogen-bond acceptors (Lipinski definition) is 5. The van der Waals surface area contributed by atoms with Gasteiger partial charge in [0.25, 0.3) is 5.91 Å². The van der Waals surface area contributed by atoms with Crippen LogP contribution in [0.1, 0.15) is 49.4 Å². The van der Waals surface area contributed by atoms with E-state index in [0.29, 0.717) is 30.5 Å². The van der Waals surface area contributed by atoms with Gasteiger partial charge in [-0.1, -0.05) is 31.0 Å². The van der Waals surface area contributed by atoms with Crippen molar-refractivity contribution < 1.29 is 13.2 Å². The quantitative estimate of drug-likeness (QED) is 0.427. The van der Waals surface area contributed by atoms with E-state index in [1.807, 2.05) is 18.2 Å². The van der Waals surface area contributed by atoms with Crippen LogP contribution in [0.25, 0.3) is 10.9 Å². The number of pyridine rings is 1. The highest BCUT2D eigenvalue weighted by molar-refractivity contribution is 7.89. The van der Waals surface area contributed by atoms with Crippen LogP contribution >= 0.6 is 0 Å². The highest BCUT2D eigenvalue weighted by Gasteiger charge is 2.26. The molecule has 8 nitrogen and oxygen atoms in total. The van der Waals surface area contributed by atoms with Gasteiger partial charge in [-0.05, 0) is 56.5 Å². The number of H-pyrrole nitrogens is 1. The number of amides is 1. The highest BCUT2D eigenvalue weighted by atomic mass is 32.2. The summed E-state index contributed by atoms with van der Waals surface area (Å²) in [5.74, 6) is -0.391. The Balaban J connectivity index is 1.50. The molecule has 0 aliphatic carbocycles. The predicted octanol–water partition coefficient (Wildman–Crippen LogP) is 3.74. The molecule has 1 amide bonds. The van der Waals surface area contributed by atoms with E-state index in [-0.39, 0.29) is 10.5 Å². The standard InChI is InChI=1S/C27H34N4O4S/c1-2-30(21-11-6-5-7-12-21)16-10-15-28-27(33)24-20-26(32)29-25-14-13-22(19-23(24)25)36(34,35)31-17-8-3-4-9-18-31/h5-7,11-14,19-20H,2-4,8-10,15-18H2,1H3,(H,28,33)(H,29,32). The van der Waals surface area contributed by atoms with E-state index in [1.54, 1.807) is 6.07 Å². The van der Waals surface area contributed by atoms with Crippen LogP contribution < -0.4 is 15.8 Å². The molecule has 0 unspecified atom stereocenters. The molecule has 0 radical (unpaired) electrons. The van der Waals surface area contributed by atoms with Crippen molar-refractivity contribution in [2.45, 2.75) is 43.9 Å². The summed E-state index contributed by atoms with van der Waals surface area (Å²) in [6.45, 7) is 5.14. The third kappa shape index (κ3) is 5.96. The zero-order chi connectivity index (χ0) is 25.5. The van der Waals surface area contributed by atoms with E-state index < -0.39 is 21.5 Å². The second-order valence-corrected chi connectivity index (χ2v) is 11.0. The summed E-state index contributed by atoms with van der Waals surface area (Å²) < 4.78 is 28.1. The van der Waals surface area contributed by atoms with E-state index >= 15 is 0 Å².